The molecule has 0 spiro atoms. The van der Waals surface area contributed by atoms with E-state index >= 15 is 0 Å². The van der Waals surface area contributed by atoms with Gasteiger partial charge in [-0.2, -0.15) is 8.78 Å². The molecule has 4 rings (SSSR count). The van der Waals surface area contributed by atoms with Crippen molar-refractivity contribution < 1.29 is 27.0 Å². The van der Waals surface area contributed by atoms with Gasteiger partial charge in [0.15, 0.2) is 0 Å². The molecule has 0 heterocycles. The molecule has 0 radical (unpaired) electrons. The molecule has 7 heteroatoms. The zero-order valence-corrected chi connectivity index (χ0v) is 13.6. The molecule has 4 saturated carbocycles. The predicted octanol–water partition coefficient (Wildman–Crippen LogP) is 2.22. The number of sulfone groups is 1. The Kier molecular flexibility index (Phi) is 4.06. The zero-order valence-electron chi connectivity index (χ0n) is 12.8. The summed E-state index contributed by atoms with van der Waals surface area (Å²) in [7, 11) is -4.49. The van der Waals surface area contributed by atoms with Gasteiger partial charge < -0.3 is 9.84 Å². The van der Waals surface area contributed by atoms with Crippen LogP contribution in [0.15, 0.2) is 0 Å². The molecular formula is C15H24F2O4S. The summed E-state index contributed by atoms with van der Waals surface area (Å²) in [6.07, 6.45) is 6.27. The lowest BCUT2D eigenvalue weighted by atomic mass is 9.48. The van der Waals surface area contributed by atoms with Gasteiger partial charge in [-0.15, -0.1) is 0 Å². The Labute approximate surface area is 130 Å². The molecule has 128 valence electrons. The zero-order chi connectivity index (χ0) is 16.2. The molecule has 4 bridgehead atoms. The Hall–Kier alpha value is -0.270. The molecule has 0 amide bonds. The number of ether oxygens (including phenoxy) is 1. The standard InChI is InChI=1S/C15H24F2O4S/c1-22(19,20)15(16,17)9-21-8-13(18)14-5-10-2-11(6-14)4-12(3-10)7-14/h10-13,18H,2-9H2,1H3. The van der Waals surface area contributed by atoms with E-state index in [2.05, 4.69) is 0 Å². The van der Waals surface area contributed by atoms with Crippen LogP contribution in [-0.2, 0) is 14.6 Å². The molecule has 22 heavy (non-hydrogen) atoms. The second kappa shape index (κ2) is 5.38. The van der Waals surface area contributed by atoms with Gasteiger partial charge in [-0.05, 0) is 61.7 Å². The van der Waals surface area contributed by atoms with Gasteiger partial charge in [0.05, 0.1) is 12.7 Å². The minimum Gasteiger partial charge on any atom is -0.390 e. The summed E-state index contributed by atoms with van der Waals surface area (Å²) in [5.74, 6) is 1.95. The van der Waals surface area contributed by atoms with E-state index in [9.17, 15) is 22.3 Å². The highest BCUT2D eigenvalue weighted by atomic mass is 32.2. The highest BCUT2D eigenvalue weighted by molar-refractivity contribution is 7.91. The summed E-state index contributed by atoms with van der Waals surface area (Å²) in [5.41, 5.74) is -0.199. The first kappa shape index (κ1) is 16.6. The van der Waals surface area contributed by atoms with Gasteiger partial charge in [-0.3, -0.25) is 0 Å². The maximum Gasteiger partial charge on any atom is 0.367 e. The predicted molar refractivity (Wildman–Crippen MR) is 77.2 cm³/mol. The van der Waals surface area contributed by atoms with Crippen LogP contribution in [0.5, 0.6) is 0 Å². The van der Waals surface area contributed by atoms with Gasteiger partial charge in [0.25, 0.3) is 0 Å². The maximum atomic E-state index is 13.3. The number of alkyl halides is 2. The number of halogens is 2. The molecule has 0 aromatic carbocycles. The van der Waals surface area contributed by atoms with Crippen LogP contribution in [0.1, 0.15) is 38.5 Å². The van der Waals surface area contributed by atoms with Crippen molar-refractivity contribution in [2.45, 2.75) is 49.9 Å². The van der Waals surface area contributed by atoms with Crippen molar-refractivity contribution in [1.82, 2.24) is 0 Å². The SMILES string of the molecule is CS(=O)(=O)C(F)(F)COCC(O)C12CC3CC(CC(C3)C1)C2. The van der Waals surface area contributed by atoms with E-state index < -0.39 is 27.8 Å². The molecule has 1 atom stereocenters. The Morgan fingerprint density at radius 3 is 2.05 bits per heavy atom. The summed E-state index contributed by atoms with van der Waals surface area (Å²) in [6.45, 7) is -1.40. The number of hydrogen-bond donors (Lipinski definition) is 1. The fraction of sp³-hybridized carbons (Fsp3) is 1.00. The summed E-state index contributed by atoms with van der Waals surface area (Å²) < 4.78 is 53.5. The van der Waals surface area contributed by atoms with Crippen molar-refractivity contribution in [3.05, 3.63) is 0 Å². The average Bonchev–Trinajstić information content (AvgIpc) is 2.35. The van der Waals surface area contributed by atoms with Crippen LogP contribution >= 0.6 is 0 Å². The Bertz CT molecular complexity index is 496. The first-order valence-electron chi connectivity index (χ1n) is 7.94. The molecule has 4 aliphatic carbocycles. The maximum absolute atomic E-state index is 13.3. The Morgan fingerprint density at radius 1 is 1.18 bits per heavy atom. The molecule has 0 aliphatic heterocycles. The highest BCUT2D eigenvalue weighted by Gasteiger charge is 2.54. The number of aliphatic hydroxyl groups is 1. The molecule has 4 fully saturated rings. The third-order valence-electron chi connectivity index (χ3n) is 5.88. The molecule has 0 aromatic rings. The Morgan fingerprint density at radius 2 is 1.64 bits per heavy atom. The van der Waals surface area contributed by atoms with Crippen LogP contribution < -0.4 is 0 Å². The first-order valence-corrected chi connectivity index (χ1v) is 9.84. The Balaban J connectivity index is 1.58. The summed E-state index contributed by atoms with van der Waals surface area (Å²) >= 11 is 0. The quantitative estimate of drug-likeness (QED) is 0.806. The van der Waals surface area contributed by atoms with Crippen LogP contribution in [0.2, 0.25) is 0 Å². The van der Waals surface area contributed by atoms with E-state index in [1.807, 2.05) is 0 Å². The molecule has 4 nitrogen and oxygen atoms in total. The van der Waals surface area contributed by atoms with Gasteiger partial charge in [-0.1, -0.05) is 0 Å². The molecule has 0 saturated heterocycles. The van der Waals surface area contributed by atoms with Crippen LogP contribution in [0.25, 0.3) is 0 Å². The van der Waals surface area contributed by atoms with Crippen molar-refractivity contribution in [2.75, 3.05) is 19.5 Å². The third kappa shape index (κ3) is 2.91. The van der Waals surface area contributed by atoms with Crippen molar-refractivity contribution in [3.63, 3.8) is 0 Å². The van der Waals surface area contributed by atoms with E-state index in [0.29, 0.717) is 24.0 Å². The van der Waals surface area contributed by atoms with Gasteiger partial charge in [0.1, 0.15) is 6.61 Å². The third-order valence-corrected chi connectivity index (χ3v) is 7.08. The summed E-state index contributed by atoms with van der Waals surface area (Å²) in [5, 5.41) is 6.60. The van der Waals surface area contributed by atoms with Crippen LogP contribution in [0.3, 0.4) is 0 Å². The number of aliphatic hydroxyl groups excluding tert-OH is 1. The number of rotatable bonds is 6. The fourth-order valence-corrected chi connectivity index (χ4v) is 5.46. The smallest absolute Gasteiger partial charge is 0.367 e. The van der Waals surface area contributed by atoms with Crippen molar-refractivity contribution in [1.29, 1.82) is 0 Å². The second-order valence-corrected chi connectivity index (χ2v) is 9.86. The van der Waals surface area contributed by atoms with Crippen LogP contribution in [-0.4, -0.2) is 44.4 Å². The van der Waals surface area contributed by atoms with Gasteiger partial charge >= 0.3 is 5.25 Å². The lowest BCUT2D eigenvalue weighted by Gasteiger charge is -2.58. The lowest BCUT2D eigenvalue weighted by Crippen LogP contribution is -2.53. The molecule has 4 aliphatic rings. The monoisotopic (exact) mass is 338 g/mol. The minimum atomic E-state index is -4.49. The summed E-state index contributed by atoms with van der Waals surface area (Å²) in [4.78, 5) is 0. The average molecular weight is 338 g/mol. The van der Waals surface area contributed by atoms with Crippen LogP contribution in [0.4, 0.5) is 8.78 Å². The van der Waals surface area contributed by atoms with Gasteiger partial charge in [0, 0.05) is 6.26 Å². The van der Waals surface area contributed by atoms with Gasteiger partial charge in [-0.25, -0.2) is 8.42 Å². The van der Waals surface area contributed by atoms with E-state index in [0.717, 1.165) is 19.3 Å². The molecule has 0 aromatic heterocycles. The van der Waals surface area contributed by atoms with Crippen molar-refractivity contribution in [3.8, 4) is 0 Å². The molecule has 1 unspecified atom stereocenters. The highest BCUT2D eigenvalue weighted by Crippen LogP contribution is 2.61. The minimum absolute atomic E-state index is 0.199. The van der Waals surface area contributed by atoms with E-state index in [-0.39, 0.29) is 12.0 Å². The molecule has 1 N–H and O–H groups in total. The second-order valence-electron chi connectivity index (χ2n) is 7.72. The molecular weight excluding hydrogens is 314 g/mol. The van der Waals surface area contributed by atoms with E-state index in [4.69, 9.17) is 4.74 Å². The largest absolute Gasteiger partial charge is 0.390 e. The lowest BCUT2D eigenvalue weighted by molar-refractivity contribution is -0.146. The van der Waals surface area contributed by atoms with Crippen LogP contribution in [0, 0.1) is 23.2 Å². The topological polar surface area (TPSA) is 63.6 Å². The first-order chi connectivity index (χ1) is 10.1. The summed E-state index contributed by atoms with van der Waals surface area (Å²) in [6, 6.07) is 0. The van der Waals surface area contributed by atoms with E-state index in [1.165, 1.54) is 19.3 Å². The fourth-order valence-electron chi connectivity index (χ4n) is 5.16. The van der Waals surface area contributed by atoms with Crippen molar-refractivity contribution in [2.24, 2.45) is 23.2 Å². The normalized spacial score (nSPS) is 39.2. The number of hydrogen-bond acceptors (Lipinski definition) is 4. The van der Waals surface area contributed by atoms with Crippen molar-refractivity contribution >= 4 is 9.84 Å². The van der Waals surface area contributed by atoms with Gasteiger partial charge in [0.2, 0.25) is 9.84 Å². The van der Waals surface area contributed by atoms with E-state index in [1.54, 1.807) is 0 Å².